The normalized spacial score (nSPS) is 26.1. The van der Waals surface area contributed by atoms with Crippen molar-refractivity contribution in [3.63, 3.8) is 0 Å². The van der Waals surface area contributed by atoms with E-state index in [2.05, 4.69) is 9.64 Å². The van der Waals surface area contributed by atoms with Crippen molar-refractivity contribution in [2.45, 2.75) is 31.2 Å². The molecule has 0 radical (unpaired) electrons. The summed E-state index contributed by atoms with van der Waals surface area (Å²) in [6, 6.07) is 0. The van der Waals surface area contributed by atoms with Gasteiger partial charge in [0.15, 0.2) is 0 Å². The molecule has 0 N–H and O–H groups in total. The van der Waals surface area contributed by atoms with Gasteiger partial charge in [-0.25, -0.2) is 0 Å². The zero-order valence-corrected chi connectivity index (χ0v) is 7.51. The van der Waals surface area contributed by atoms with Crippen LogP contribution in [0.3, 0.4) is 0 Å². The maximum absolute atomic E-state index is 11.0. The van der Waals surface area contributed by atoms with E-state index in [4.69, 9.17) is 0 Å². The Morgan fingerprint density at radius 1 is 1.50 bits per heavy atom. The number of likely N-dealkylation sites (tertiary alicyclic amines) is 1. The Bertz CT molecular complexity index is 193. The van der Waals surface area contributed by atoms with Gasteiger partial charge in [0.1, 0.15) is 0 Å². The predicted octanol–water partition coefficient (Wildman–Crippen LogP) is 0.788. The van der Waals surface area contributed by atoms with Crippen LogP contribution < -0.4 is 0 Å². The third-order valence-electron chi connectivity index (χ3n) is 3.35. The van der Waals surface area contributed by atoms with Crippen LogP contribution in [-0.4, -0.2) is 36.6 Å². The van der Waals surface area contributed by atoms with E-state index in [0.717, 1.165) is 6.54 Å². The average Bonchev–Trinajstić information content (AvgIpc) is 1.94. The summed E-state index contributed by atoms with van der Waals surface area (Å²) < 4.78 is 4.64. The molecule has 1 saturated heterocycles. The number of hydrogen-bond acceptors (Lipinski definition) is 3. The van der Waals surface area contributed by atoms with Crippen molar-refractivity contribution in [2.75, 3.05) is 20.2 Å². The van der Waals surface area contributed by atoms with E-state index in [1.54, 1.807) is 0 Å². The highest BCUT2D eigenvalue weighted by Crippen LogP contribution is 2.46. The van der Waals surface area contributed by atoms with Crippen molar-refractivity contribution < 1.29 is 9.53 Å². The van der Waals surface area contributed by atoms with E-state index in [1.807, 2.05) is 0 Å². The lowest BCUT2D eigenvalue weighted by atomic mass is 9.68. The van der Waals surface area contributed by atoms with Crippen molar-refractivity contribution in [1.29, 1.82) is 0 Å². The van der Waals surface area contributed by atoms with Gasteiger partial charge < -0.3 is 4.74 Å². The van der Waals surface area contributed by atoms with Crippen LogP contribution in [0.15, 0.2) is 0 Å². The van der Waals surface area contributed by atoms with E-state index >= 15 is 0 Å². The minimum absolute atomic E-state index is 0.0963. The van der Waals surface area contributed by atoms with Gasteiger partial charge in [0.2, 0.25) is 0 Å². The van der Waals surface area contributed by atoms with Crippen molar-refractivity contribution in [2.24, 2.45) is 0 Å². The standard InChI is InChI=1S/C9H15NO2/c1-12-8(11)7-10-6-5-9(10)3-2-4-9/h2-7H2,1H3. The summed E-state index contributed by atoms with van der Waals surface area (Å²) in [5.41, 5.74) is 0.425. The first-order chi connectivity index (χ1) is 5.77. The summed E-state index contributed by atoms with van der Waals surface area (Å²) in [4.78, 5) is 13.2. The van der Waals surface area contributed by atoms with Crippen LogP contribution in [0.25, 0.3) is 0 Å². The summed E-state index contributed by atoms with van der Waals surface area (Å²) in [7, 11) is 1.45. The molecule has 12 heavy (non-hydrogen) atoms. The highest BCUT2D eigenvalue weighted by molar-refractivity contribution is 5.71. The van der Waals surface area contributed by atoms with Gasteiger partial charge in [-0.3, -0.25) is 9.69 Å². The lowest BCUT2D eigenvalue weighted by Crippen LogP contribution is -2.64. The SMILES string of the molecule is COC(=O)CN1CCC12CCC2. The zero-order valence-electron chi connectivity index (χ0n) is 7.51. The first-order valence-corrected chi connectivity index (χ1v) is 4.59. The molecule has 0 aromatic rings. The fraction of sp³-hybridized carbons (Fsp3) is 0.889. The molecule has 2 fully saturated rings. The molecule has 1 heterocycles. The average molecular weight is 169 g/mol. The molecule has 0 atom stereocenters. The van der Waals surface area contributed by atoms with E-state index in [-0.39, 0.29) is 5.97 Å². The fourth-order valence-corrected chi connectivity index (χ4v) is 2.20. The molecule has 3 heteroatoms. The quantitative estimate of drug-likeness (QED) is 0.572. The predicted molar refractivity (Wildman–Crippen MR) is 44.8 cm³/mol. The van der Waals surface area contributed by atoms with E-state index in [9.17, 15) is 4.79 Å². The van der Waals surface area contributed by atoms with Crippen molar-refractivity contribution in [1.82, 2.24) is 4.90 Å². The number of esters is 1. The number of hydrogen-bond donors (Lipinski definition) is 0. The van der Waals surface area contributed by atoms with Crippen molar-refractivity contribution in [3.05, 3.63) is 0 Å². The number of nitrogens with zero attached hydrogens (tertiary/aromatic N) is 1. The van der Waals surface area contributed by atoms with Crippen LogP contribution in [0, 0.1) is 0 Å². The fourth-order valence-electron chi connectivity index (χ4n) is 2.20. The third-order valence-corrected chi connectivity index (χ3v) is 3.35. The first-order valence-electron chi connectivity index (χ1n) is 4.59. The Morgan fingerprint density at radius 3 is 2.58 bits per heavy atom. The zero-order chi connectivity index (χ0) is 8.60. The van der Waals surface area contributed by atoms with Crippen LogP contribution in [0.2, 0.25) is 0 Å². The maximum Gasteiger partial charge on any atom is 0.319 e. The number of methoxy groups -OCH3 is 1. The van der Waals surface area contributed by atoms with Gasteiger partial charge >= 0.3 is 5.97 Å². The van der Waals surface area contributed by atoms with E-state index in [1.165, 1.54) is 32.8 Å². The van der Waals surface area contributed by atoms with E-state index < -0.39 is 0 Å². The molecule has 0 bridgehead atoms. The molecular formula is C9H15NO2. The number of carbonyl (C=O) groups excluding carboxylic acids is 1. The Hall–Kier alpha value is -0.570. The van der Waals surface area contributed by atoms with Crippen LogP contribution in [0.4, 0.5) is 0 Å². The third kappa shape index (κ3) is 1.04. The topological polar surface area (TPSA) is 29.5 Å². The number of ether oxygens (including phenoxy) is 1. The number of rotatable bonds is 2. The van der Waals surface area contributed by atoms with Crippen LogP contribution in [-0.2, 0) is 9.53 Å². The smallest absolute Gasteiger partial charge is 0.319 e. The Morgan fingerprint density at radius 2 is 2.25 bits per heavy atom. The summed E-state index contributed by atoms with van der Waals surface area (Å²) in [5, 5.41) is 0. The minimum Gasteiger partial charge on any atom is -0.468 e. The highest BCUT2D eigenvalue weighted by atomic mass is 16.5. The van der Waals surface area contributed by atoms with Crippen molar-refractivity contribution >= 4 is 5.97 Å². The van der Waals surface area contributed by atoms with Crippen LogP contribution in [0.5, 0.6) is 0 Å². The van der Waals surface area contributed by atoms with Gasteiger partial charge in [-0.2, -0.15) is 0 Å². The molecule has 0 aromatic heterocycles. The first kappa shape index (κ1) is 8.05. The second-order valence-corrected chi connectivity index (χ2v) is 3.83. The Labute approximate surface area is 72.7 Å². The molecule has 2 aliphatic rings. The van der Waals surface area contributed by atoms with Gasteiger partial charge in [0, 0.05) is 12.1 Å². The molecular weight excluding hydrogens is 154 g/mol. The van der Waals surface area contributed by atoms with Gasteiger partial charge in [-0.05, 0) is 25.7 Å². The molecule has 68 valence electrons. The monoisotopic (exact) mass is 169 g/mol. The molecule has 1 aliphatic carbocycles. The van der Waals surface area contributed by atoms with E-state index in [0.29, 0.717) is 12.1 Å². The van der Waals surface area contributed by atoms with Gasteiger partial charge in [0.25, 0.3) is 0 Å². The molecule has 3 nitrogen and oxygen atoms in total. The number of carbonyl (C=O) groups is 1. The summed E-state index contributed by atoms with van der Waals surface area (Å²) in [5.74, 6) is -0.0963. The van der Waals surface area contributed by atoms with Crippen molar-refractivity contribution in [3.8, 4) is 0 Å². The van der Waals surface area contributed by atoms with Gasteiger partial charge in [-0.1, -0.05) is 0 Å². The molecule has 1 spiro atoms. The second kappa shape index (κ2) is 2.73. The lowest BCUT2D eigenvalue weighted by Gasteiger charge is -2.58. The maximum atomic E-state index is 11.0. The summed E-state index contributed by atoms with van der Waals surface area (Å²) in [6.45, 7) is 1.58. The second-order valence-electron chi connectivity index (χ2n) is 3.83. The molecule has 0 aromatic carbocycles. The van der Waals surface area contributed by atoms with Crippen LogP contribution in [0.1, 0.15) is 25.7 Å². The molecule has 1 aliphatic heterocycles. The molecule has 2 rings (SSSR count). The molecule has 0 amide bonds. The van der Waals surface area contributed by atoms with Gasteiger partial charge in [0.05, 0.1) is 13.7 Å². The Kier molecular flexibility index (Phi) is 1.83. The van der Waals surface area contributed by atoms with Gasteiger partial charge in [-0.15, -0.1) is 0 Å². The minimum atomic E-state index is -0.0963. The molecule has 0 unspecified atom stereocenters. The summed E-state index contributed by atoms with van der Waals surface area (Å²) in [6.07, 6.45) is 5.18. The van der Waals surface area contributed by atoms with Crippen LogP contribution >= 0.6 is 0 Å². The molecule has 1 saturated carbocycles. The largest absolute Gasteiger partial charge is 0.468 e. The highest BCUT2D eigenvalue weighted by Gasteiger charge is 2.49. The Balaban J connectivity index is 1.85. The lowest BCUT2D eigenvalue weighted by molar-refractivity contribution is -0.151. The summed E-state index contributed by atoms with van der Waals surface area (Å²) >= 11 is 0.